The summed E-state index contributed by atoms with van der Waals surface area (Å²) in [6.07, 6.45) is 5.49. The topological polar surface area (TPSA) is 88.8 Å². The van der Waals surface area contributed by atoms with E-state index in [1.54, 1.807) is 45.0 Å². The minimum absolute atomic E-state index is 0.0391. The van der Waals surface area contributed by atoms with Gasteiger partial charge in [0.1, 0.15) is 12.0 Å². The average Bonchev–Trinajstić information content (AvgIpc) is 2.67. The van der Waals surface area contributed by atoms with Crippen LogP contribution in [0.5, 0.6) is 0 Å². The Hall–Kier alpha value is -3.38. The Morgan fingerprint density at radius 1 is 1.26 bits per heavy atom. The van der Waals surface area contributed by atoms with Crippen molar-refractivity contribution in [3.63, 3.8) is 0 Å². The van der Waals surface area contributed by atoms with Crippen LogP contribution in [0.2, 0.25) is 0 Å². The second-order valence-electron chi connectivity index (χ2n) is 5.82. The van der Waals surface area contributed by atoms with Crippen LogP contribution in [-0.2, 0) is 19.1 Å². The molecule has 0 spiro atoms. The summed E-state index contributed by atoms with van der Waals surface area (Å²) < 4.78 is 10.3. The third-order valence-electron chi connectivity index (χ3n) is 4.19. The Labute approximate surface area is 158 Å². The van der Waals surface area contributed by atoms with Gasteiger partial charge in [-0.05, 0) is 38.5 Å². The molecule has 0 saturated heterocycles. The van der Waals surface area contributed by atoms with Crippen LogP contribution in [0.15, 0.2) is 40.5 Å². The van der Waals surface area contributed by atoms with Gasteiger partial charge in [0.15, 0.2) is 5.70 Å². The molecule has 0 amide bonds. The molecule has 138 valence electrons. The van der Waals surface area contributed by atoms with Gasteiger partial charge in [0.2, 0.25) is 0 Å². The molecule has 2 rings (SSSR count). The van der Waals surface area contributed by atoms with Crippen molar-refractivity contribution in [3.05, 3.63) is 46.7 Å². The fraction of sp³-hybridized carbons (Fsp3) is 0.333. The smallest absolute Gasteiger partial charge is 0.337 e. The SMILES string of the molecule is C#Cc1cccc(C2C(C(=O)OCC)=C(C#N)N=C(C)C2C(=O)OCC)c1. The van der Waals surface area contributed by atoms with Crippen molar-refractivity contribution in [2.45, 2.75) is 26.7 Å². The third kappa shape index (κ3) is 4.07. The van der Waals surface area contributed by atoms with Crippen LogP contribution in [0.1, 0.15) is 37.8 Å². The van der Waals surface area contributed by atoms with E-state index in [0.29, 0.717) is 16.8 Å². The first kappa shape index (κ1) is 19.9. The molecule has 1 aromatic carbocycles. The van der Waals surface area contributed by atoms with E-state index in [9.17, 15) is 14.9 Å². The standard InChI is InChI=1S/C21H20N2O4/c1-5-14-9-8-10-15(11-14)18-17(20(24)26-6-2)13(4)23-16(12-22)19(18)21(25)27-7-3/h1,8-11,17-18H,6-7H2,2-4H3. The lowest BCUT2D eigenvalue weighted by Gasteiger charge is -2.30. The fourth-order valence-electron chi connectivity index (χ4n) is 3.10. The van der Waals surface area contributed by atoms with Gasteiger partial charge in [0.05, 0.1) is 18.8 Å². The van der Waals surface area contributed by atoms with E-state index in [1.807, 2.05) is 6.07 Å². The van der Waals surface area contributed by atoms with E-state index in [2.05, 4.69) is 10.9 Å². The van der Waals surface area contributed by atoms with Gasteiger partial charge >= 0.3 is 11.9 Å². The zero-order chi connectivity index (χ0) is 20.0. The first-order valence-corrected chi connectivity index (χ1v) is 8.58. The normalized spacial score (nSPS) is 18.8. The fourth-order valence-corrected chi connectivity index (χ4v) is 3.10. The number of benzene rings is 1. The summed E-state index contributed by atoms with van der Waals surface area (Å²) >= 11 is 0. The number of nitriles is 1. The molecule has 0 bridgehead atoms. The second-order valence-corrected chi connectivity index (χ2v) is 5.82. The van der Waals surface area contributed by atoms with Gasteiger partial charge in [0, 0.05) is 17.2 Å². The van der Waals surface area contributed by atoms with Crippen LogP contribution in [-0.4, -0.2) is 30.9 Å². The molecule has 0 aliphatic carbocycles. The molecule has 27 heavy (non-hydrogen) atoms. The Kier molecular flexibility index (Phi) is 6.51. The minimum atomic E-state index is -0.852. The number of esters is 2. The number of hydrogen-bond acceptors (Lipinski definition) is 6. The lowest BCUT2D eigenvalue weighted by atomic mass is 9.75. The average molecular weight is 364 g/mol. The first-order valence-electron chi connectivity index (χ1n) is 8.58. The molecule has 0 radical (unpaired) electrons. The van der Waals surface area contributed by atoms with Crippen molar-refractivity contribution in [1.82, 2.24) is 0 Å². The highest BCUT2D eigenvalue weighted by atomic mass is 16.5. The van der Waals surface area contributed by atoms with Crippen molar-refractivity contribution < 1.29 is 19.1 Å². The molecular formula is C21H20N2O4. The predicted octanol–water partition coefficient (Wildman–Crippen LogP) is 2.75. The Bertz CT molecular complexity index is 899. The Balaban J connectivity index is 2.73. The van der Waals surface area contributed by atoms with Crippen molar-refractivity contribution in [1.29, 1.82) is 5.26 Å². The summed E-state index contributed by atoms with van der Waals surface area (Å²) in [6.45, 7) is 5.32. The maximum atomic E-state index is 12.7. The van der Waals surface area contributed by atoms with Gasteiger partial charge in [0.25, 0.3) is 0 Å². The van der Waals surface area contributed by atoms with E-state index in [1.165, 1.54) is 0 Å². The highest BCUT2D eigenvalue weighted by Crippen LogP contribution is 2.40. The van der Waals surface area contributed by atoms with Gasteiger partial charge in [-0.15, -0.1) is 6.42 Å². The molecule has 6 nitrogen and oxygen atoms in total. The molecule has 0 aromatic heterocycles. The maximum Gasteiger partial charge on any atom is 0.337 e. The number of hydrogen-bond donors (Lipinski definition) is 0. The quantitative estimate of drug-likeness (QED) is 0.592. The largest absolute Gasteiger partial charge is 0.465 e. The van der Waals surface area contributed by atoms with Crippen molar-refractivity contribution in [3.8, 4) is 18.4 Å². The summed E-state index contributed by atoms with van der Waals surface area (Å²) in [5.74, 6) is -0.293. The van der Waals surface area contributed by atoms with Gasteiger partial charge < -0.3 is 9.47 Å². The molecule has 2 atom stereocenters. The lowest BCUT2D eigenvalue weighted by Crippen LogP contribution is -2.36. The van der Waals surface area contributed by atoms with E-state index >= 15 is 0 Å². The van der Waals surface area contributed by atoms with Crippen LogP contribution in [0.25, 0.3) is 0 Å². The molecule has 1 heterocycles. The molecule has 6 heteroatoms. The summed E-state index contributed by atoms with van der Waals surface area (Å²) in [6, 6.07) is 8.89. The number of nitrogens with zero attached hydrogens (tertiary/aromatic N) is 2. The highest BCUT2D eigenvalue weighted by molar-refractivity contribution is 6.07. The molecule has 0 N–H and O–H groups in total. The van der Waals surface area contributed by atoms with Crippen LogP contribution >= 0.6 is 0 Å². The van der Waals surface area contributed by atoms with E-state index < -0.39 is 23.8 Å². The number of terminal acetylenes is 1. The maximum absolute atomic E-state index is 12.7. The Morgan fingerprint density at radius 3 is 2.56 bits per heavy atom. The van der Waals surface area contributed by atoms with Gasteiger partial charge in [-0.2, -0.15) is 5.26 Å². The summed E-state index contributed by atoms with van der Waals surface area (Å²) in [5, 5.41) is 9.52. The van der Waals surface area contributed by atoms with Crippen molar-refractivity contribution >= 4 is 17.7 Å². The molecular weight excluding hydrogens is 344 g/mol. The molecule has 0 saturated carbocycles. The predicted molar refractivity (Wildman–Crippen MR) is 99.6 cm³/mol. The molecule has 1 aliphatic heterocycles. The molecule has 1 aromatic rings. The number of ether oxygens (including phenoxy) is 2. The number of aliphatic imine (C=N–C) groups is 1. The highest BCUT2D eigenvalue weighted by Gasteiger charge is 2.43. The summed E-state index contributed by atoms with van der Waals surface area (Å²) in [4.78, 5) is 29.5. The number of carbonyl (C=O) groups excluding carboxylic acids is 2. The lowest BCUT2D eigenvalue weighted by molar-refractivity contribution is -0.146. The third-order valence-corrected chi connectivity index (χ3v) is 4.19. The van der Waals surface area contributed by atoms with Crippen LogP contribution < -0.4 is 0 Å². The van der Waals surface area contributed by atoms with E-state index in [-0.39, 0.29) is 24.5 Å². The molecule has 1 aliphatic rings. The second kappa shape index (κ2) is 8.82. The number of allylic oxidation sites excluding steroid dienone is 1. The minimum Gasteiger partial charge on any atom is -0.465 e. The van der Waals surface area contributed by atoms with Crippen molar-refractivity contribution in [2.75, 3.05) is 13.2 Å². The monoisotopic (exact) mass is 364 g/mol. The Morgan fingerprint density at radius 2 is 1.96 bits per heavy atom. The summed E-state index contributed by atoms with van der Waals surface area (Å²) in [5.41, 5.74) is 1.58. The van der Waals surface area contributed by atoms with Crippen LogP contribution in [0.3, 0.4) is 0 Å². The zero-order valence-corrected chi connectivity index (χ0v) is 15.5. The summed E-state index contributed by atoms with van der Waals surface area (Å²) in [7, 11) is 0. The van der Waals surface area contributed by atoms with Crippen LogP contribution in [0, 0.1) is 29.6 Å². The van der Waals surface area contributed by atoms with E-state index in [0.717, 1.165) is 0 Å². The van der Waals surface area contributed by atoms with Gasteiger partial charge in [-0.1, -0.05) is 18.1 Å². The first-order chi connectivity index (χ1) is 13.0. The van der Waals surface area contributed by atoms with Crippen LogP contribution in [0.4, 0.5) is 0 Å². The van der Waals surface area contributed by atoms with E-state index in [4.69, 9.17) is 15.9 Å². The van der Waals surface area contributed by atoms with Crippen molar-refractivity contribution in [2.24, 2.45) is 10.9 Å². The molecule has 2 unspecified atom stereocenters. The van der Waals surface area contributed by atoms with Gasteiger partial charge in [-0.25, -0.2) is 9.79 Å². The number of carbonyl (C=O) groups is 2. The van der Waals surface area contributed by atoms with Gasteiger partial charge in [-0.3, -0.25) is 4.79 Å². The molecule has 0 fully saturated rings. The zero-order valence-electron chi connectivity index (χ0n) is 15.5. The number of rotatable bonds is 5.